The summed E-state index contributed by atoms with van der Waals surface area (Å²) in [5, 5.41) is 4.10. The number of aryl methyl sites for hydroxylation is 1. The number of para-hydroxylation sites is 1. The van der Waals surface area contributed by atoms with Crippen LogP contribution in [0.3, 0.4) is 0 Å². The summed E-state index contributed by atoms with van der Waals surface area (Å²) in [5.41, 5.74) is 2.78. The Balaban J connectivity index is 1.83. The van der Waals surface area contributed by atoms with Gasteiger partial charge in [-0.2, -0.15) is 0 Å². The maximum absolute atomic E-state index is 13.1. The van der Waals surface area contributed by atoms with Crippen LogP contribution in [0.15, 0.2) is 58.5 Å². The molecule has 1 amide bonds. The summed E-state index contributed by atoms with van der Waals surface area (Å²) in [6.07, 6.45) is 3.21. The van der Waals surface area contributed by atoms with Crippen LogP contribution in [-0.4, -0.2) is 27.8 Å². The van der Waals surface area contributed by atoms with Crippen LogP contribution in [0.4, 0.5) is 0 Å². The van der Waals surface area contributed by atoms with E-state index >= 15 is 0 Å². The lowest BCUT2D eigenvalue weighted by atomic mass is 10.1. The van der Waals surface area contributed by atoms with E-state index in [0.717, 1.165) is 24.8 Å². The molecule has 0 saturated carbocycles. The number of hydrogen-bond acceptors (Lipinski definition) is 4. The van der Waals surface area contributed by atoms with E-state index in [2.05, 4.69) is 17.2 Å². The maximum atomic E-state index is 13.1. The van der Waals surface area contributed by atoms with Crippen LogP contribution in [0.2, 0.25) is 0 Å². The predicted molar refractivity (Wildman–Crippen MR) is 120 cm³/mol. The molecule has 0 fully saturated rings. The topological polar surface area (TPSA) is 64.0 Å². The van der Waals surface area contributed by atoms with Crippen molar-refractivity contribution in [3.05, 3.63) is 70.0 Å². The Morgan fingerprint density at radius 1 is 1.10 bits per heavy atom. The molecule has 0 radical (unpaired) electrons. The van der Waals surface area contributed by atoms with Crippen molar-refractivity contribution >= 4 is 28.6 Å². The van der Waals surface area contributed by atoms with E-state index in [0.29, 0.717) is 29.1 Å². The summed E-state index contributed by atoms with van der Waals surface area (Å²) in [6.45, 7) is 5.29. The van der Waals surface area contributed by atoms with Crippen LogP contribution in [0.1, 0.15) is 37.3 Å². The van der Waals surface area contributed by atoms with Crippen molar-refractivity contribution in [3.63, 3.8) is 0 Å². The van der Waals surface area contributed by atoms with Crippen molar-refractivity contribution in [2.45, 2.75) is 44.8 Å². The lowest BCUT2D eigenvalue weighted by Gasteiger charge is -2.13. The summed E-state index contributed by atoms with van der Waals surface area (Å²) in [6, 6.07) is 15.5. The van der Waals surface area contributed by atoms with Gasteiger partial charge in [-0.1, -0.05) is 73.5 Å². The second kappa shape index (κ2) is 10.3. The second-order valence-electron chi connectivity index (χ2n) is 7.13. The fourth-order valence-corrected chi connectivity index (χ4v) is 3.89. The minimum Gasteiger partial charge on any atom is -0.355 e. The molecule has 29 heavy (non-hydrogen) atoms. The van der Waals surface area contributed by atoms with Crippen LogP contribution in [0.5, 0.6) is 0 Å². The number of unbranched alkanes of at least 4 members (excludes halogenated alkanes) is 2. The van der Waals surface area contributed by atoms with Gasteiger partial charge in [-0.15, -0.1) is 0 Å². The zero-order chi connectivity index (χ0) is 20.6. The number of carbonyl (C=O) groups is 1. The molecule has 1 N–H and O–H groups in total. The number of nitrogens with one attached hydrogen (secondary N) is 1. The number of nitrogens with zero attached hydrogens (tertiary/aromatic N) is 2. The molecule has 6 heteroatoms. The first-order valence-corrected chi connectivity index (χ1v) is 11.0. The van der Waals surface area contributed by atoms with Gasteiger partial charge in [0, 0.05) is 6.54 Å². The van der Waals surface area contributed by atoms with Gasteiger partial charge in [-0.05, 0) is 31.0 Å². The van der Waals surface area contributed by atoms with Crippen molar-refractivity contribution in [3.8, 4) is 0 Å². The summed E-state index contributed by atoms with van der Waals surface area (Å²) >= 11 is 1.31. The highest BCUT2D eigenvalue weighted by molar-refractivity contribution is 7.99. The zero-order valence-corrected chi connectivity index (χ0v) is 17.8. The molecular weight excluding hydrogens is 382 g/mol. The normalized spacial score (nSPS) is 11.0. The zero-order valence-electron chi connectivity index (χ0n) is 17.0. The van der Waals surface area contributed by atoms with E-state index in [1.807, 2.05) is 49.4 Å². The first kappa shape index (κ1) is 21.1. The smallest absolute Gasteiger partial charge is 0.262 e. The van der Waals surface area contributed by atoms with Crippen LogP contribution >= 0.6 is 11.8 Å². The highest BCUT2D eigenvalue weighted by Crippen LogP contribution is 2.19. The number of rotatable bonds is 9. The van der Waals surface area contributed by atoms with E-state index in [1.165, 1.54) is 17.3 Å². The lowest BCUT2D eigenvalue weighted by Crippen LogP contribution is -2.28. The average Bonchev–Trinajstić information content (AvgIpc) is 2.73. The Kier molecular flexibility index (Phi) is 7.47. The number of benzene rings is 2. The molecule has 1 aromatic heterocycles. The molecular formula is C23H27N3O2S. The van der Waals surface area contributed by atoms with Crippen molar-refractivity contribution in [1.29, 1.82) is 0 Å². The standard InChI is InChI=1S/C23H27N3O2S/c1-3-4-7-14-24-21(27)16-29-23-25-20-9-6-5-8-19(20)22(28)26(23)15-18-12-10-17(2)11-13-18/h5-6,8-13H,3-4,7,14-16H2,1-2H3,(H,24,27). The quantitative estimate of drug-likeness (QED) is 0.328. The molecule has 0 saturated heterocycles. The second-order valence-corrected chi connectivity index (χ2v) is 8.08. The molecule has 0 bridgehead atoms. The van der Waals surface area contributed by atoms with E-state index in [-0.39, 0.29) is 17.2 Å². The number of fused-ring (bicyclic) bond motifs is 1. The average molecular weight is 410 g/mol. The van der Waals surface area contributed by atoms with Crippen LogP contribution in [-0.2, 0) is 11.3 Å². The Hall–Kier alpha value is -2.60. The number of hydrogen-bond donors (Lipinski definition) is 1. The monoisotopic (exact) mass is 409 g/mol. The SMILES string of the molecule is CCCCCNC(=O)CSc1nc2ccccc2c(=O)n1Cc1ccc(C)cc1. The third-order valence-corrected chi connectivity index (χ3v) is 5.70. The number of carbonyl (C=O) groups excluding carboxylic acids is 1. The highest BCUT2D eigenvalue weighted by Gasteiger charge is 2.13. The Labute approximate surface area is 175 Å². The minimum atomic E-state index is -0.0815. The first-order valence-electron chi connectivity index (χ1n) is 10.0. The molecule has 3 rings (SSSR count). The Bertz CT molecular complexity index is 1030. The minimum absolute atomic E-state index is 0.0320. The van der Waals surface area contributed by atoms with Gasteiger partial charge in [0.1, 0.15) is 0 Å². The predicted octanol–water partition coefficient (Wildman–Crippen LogP) is 4.15. The molecule has 3 aromatic rings. The number of amides is 1. The summed E-state index contributed by atoms with van der Waals surface area (Å²) in [7, 11) is 0. The van der Waals surface area contributed by atoms with Gasteiger partial charge in [0.15, 0.2) is 5.16 Å². The fourth-order valence-electron chi connectivity index (χ4n) is 3.06. The molecule has 0 atom stereocenters. The van der Waals surface area contributed by atoms with E-state index in [4.69, 9.17) is 0 Å². The van der Waals surface area contributed by atoms with Crippen molar-refractivity contribution in [2.24, 2.45) is 0 Å². The summed E-state index contributed by atoms with van der Waals surface area (Å²) < 4.78 is 1.67. The van der Waals surface area contributed by atoms with E-state index < -0.39 is 0 Å². The maximum Gasteiger partial charge on any atom is 0.262 e. The molecule has 1 heterocycles. The molecule has 2 aromatic carbocycles. The van der Waals surface area contributed by atoms with Gasteiger partial charge in [-0.25, -0.2) is 4.98 Å². The Morgan fingerprint density at radius 2 is 1.86 bits per heavy atom. The lowest BCUT2D eigenvalue weighted by molar-refractivity contribution is -0.118. The van der Waals surface area contributed by atoms with Gasteiger partial charge in [-0.3, -0.25) is 14.2 Å². The van der Waals surface area contributed by atoms with Crippen molar-refractivity contribution in [1.82, 2.24) is 14.9 Å². The van der Waals surface area contributed by atoms with Gasteiger partial charge < -0.3 is 5.32 Å². The molecule has 0 aliphatic rings. The molecule has 0 aliphatic heterocycles. The first-order chi connectivity index (χ1) is 14.1. The van der Waals surface area contributed by atoms with Gasteiger partial charge >= 0.3 is 0 Å². The van der Waals surface area contributed by atoms with Gasteiger partial charge in [0.05, 0.1) is 23.2 Å². The van der Waals surface area contributed by atoms with E-state index in [1.54, 1.807) is 10.6 Å². The fraction of sp³-hybridized carbons (Fsp3) is 0.348. The van der Waals surface area contributed by atoms with Crippen LogP contribution in [0.25, 0.3) is 10.9 Å². The molecule has 0 spiro atoms. The van der Waals surface area contributed by atoms with Crippen molar-refractivity contribution < 1.29 is 4.79 Å². The van der Waals surface area contributed by atoms with Gasteiger partial charge in [0.2, 0.25) is 5.91 Å². The third kappa shape index (κ3) is 5.70. The molecule has 0 aliphatic carbocycles. The molecule has 5 nitrogen and oxygen atoms in total. The molecule has 152 valence electrons. The van der Waals surface area contributed by atoms with Crippen molar-refractivity contribution in [2.75, 3.05) is 12.3 Å². The largest absolute Gasteiger partial charge is 0.355 e. The Morgan fingerprint density at radius 3 is 2.62 bits per heavy atom. The molecule has 0 unspecified atom stereocenters. The van der Waals surface area contributed by atoms with Gasteiger partial charge in [0.25, 0.3) is 5.56 Å². The summed E-state index contributed by atoms with van der Waals surface area (Å²) in [4.78, 5) is 30.0. The number of thioether (sulfide) groups is 1. The van der Waals surface area contributed by atoms with Crippen LogP contribution < -0.4 is 10.9 Å². The van der Waals surface area contributed by atoms with Crippen LogP contribution in [0, 0.1) is 6.92 Å². The summed E-state index contributed by atoms with van der Waals surface area (Å²) in [5.74, 6) is 0.209. The highest BCUT2D eigenvalue weighted by atomic mass is 32.2. The number of aromatic nitrogens is 2. The van der Waals surface area contributed by atoms with E-state index in [9.17, 15) is 9.59 Å². The third-order valence-electron chi connectivity index (χ3n) is 4.72.